The van der Waals surface area contributed by atoms with Gasteiger partial charge in [-0.05, 0) is 24.7 Å². The van der Waals surface area contributed by atoms with E-state index in [9.17, 15) is 4.79 Å². The molecule has 1 aromatic heterocycles. The van der Waals surface area contributed by atoms with Crippen LogP contribution in [0.3, 0.4) is 0 Å². The summed E-state index contributed by atoms with van der Waals surface area (Å²) in [5.41, 5.74) is 1.65. The number of carbonyl (C=O) groups is 1. The third kappa shape index (κ3) is 3.92. The fraction of sp³-hybridized carbons (Fsp3) is 0.333. The van der Waals surface area contributed by atoms with Gasteiger partial charge in [0.05, 0.1) is 19.2 Å². The normalized spacial score (nSPS) is 10.9. The van der Waals surface area contributed by atoms with Crippen molar-refractivity contribution < 1.29 is 9.53 Å². The van der Waals surface area contributed by atoms with Gasteiger partial charge in [0, 0.05) is 30.5 Å². The number of ether oxygens (including phenoxy) is 1. The second-order valence-corrected chi connectivity index (χ2v) is 5.78. The van der Waals surface area contributed by atoms with E-state index in [1.807, 2.05) is 30.9 Å². The van der Waals surface area contributed by atoms with Crippen molar-refractivity contribution in [3.8, 4) is 0 Å². The van der Waals surface area contributed by atoms with Crippen molar-refractivity contribution in [2.75, 3.05) is 14.2 Å². The van der Waals surface area contributed by atoms with E-state index < -0.39 is 0 Å². The van der Waals surface area contributed by atoms with E-state index in [0.717, 1.165) is 29.0 Å². The summed E-state index contributed by atoms with van der Waals surface area (Å²) in [7, 11) is 5.40. The Morgan fingerprint density at radius 3 is 2.76 bits per heavy atom. The van der Waals surface area contributed by atoms with Gasteiger partial charge in [0.1, 0.15) is 5.82 Å². The zero-order valence-corrected chi connectivity index (χ0v) is 13.9. The van der Waals surface area contributed by atoms with Crippen molar-refractivity contribution in [1.29, 1.82) is 0 Å². The highest BCUT2D eigenvalue weighted by Crippen LogP contribution is 2.21. The van der Waals surface area contributed by atoms with Gasteiger partial charge in [-0.1, -0.05) is 22.0 Å². The van der Waals surface area contributed by atoms with E-state index in [1.54, 1.807) is 18.3 Å². The molecule has 1 heterocycles. The maximum absolute atomic E-state index is 11.5. The topological polar surface area (TPSA) is 47.4 Å². The zero-order valence-electron chi connectivity index (χ0n) is 12.3. The van der Waals surface area contributed by atoms with Crippen LogP contribution in [0.25, 0.3) is 0 Å². The summed E-state index contributed by atoms with van der Waals surface area (Å²) < 4.78 is 7.62. The van der Waals surface area contributed by atoms with Crippen LogP contribution < -0.4 is 0 Å². The summed E-state index contributed by atoms with van der Waals surface area (Å²) in [6.07, 6.45) is 3.73. The maximum atomic E-state index is 11.5. The van der Waals surface area contributed by atoms with E-state index in [1.165, 1.54) is 7.11 Å². The summed E-state index contributed by atoms with van der Waals surface area (Å²) in [5.74, 6) is 0.684. The molecule has 6 heteroatoms. The standard InChI is InChI=1S/C15H18BrN3O2/c1-18(10-14-17-6-7-19(14)2)9-12-5-4-11(8-13(12)16)15(20)21-3/h4-8H,9-10H2,1-3H3. The van der Waals surface area contributed by atoms with Crippen molar-refractivity contribution in [2.24, 2.45) is 7.05 Å². The van der Waals surface area contributed by atoms with Crippen LogP contribution in [-0.2, 0) is 24.9 Å². The number of benzene rings is 1. The zero-order chi connectivity index (χ0) is 15.4. The van der Waals surface area contributed by atoms with Crippen molar-refractivity contribution in [1.82, 2.24) is 14.5 Å². The minimum absolute atomic E-state index is 0.330. The summed E-state index contributed by atoms with van der Waals surface area (Å²) in [6, 6.07) is 5.50. The Balaban J connectivity index is 2.05. The average Bonchev–Trinajstić information content (AvgIpc) is 2.85. The van der Waals surface area contributed by atoms with E-state index in [4.69, 9.17) is 4.74 Å². The van der Waals surface area contributed by atoms with Gasteiger partial charge in [-0.2, -0.15) is 0 Å². The summed E-state index contributed by atoms with van der Waals surface area (Å²) in [4.78, 5) is 18.0. The van der Waals surface area contributed by atoms with Crippen LogP contribution in [0.2, 0.25) is 0 Å². The monoisotopic (exact) mass is 351 g/mol. The second kappa shape index (κ2) is 6.87. The Morgan fingerprint density at radius 2 is 2.19 bits per heavy atom. The Bertz CT molecular complexity index is 640. The lowest BCUT2D eigenvalue weighted by Gasteiger charge is -2.17. The first kappa shape index (κ1) is 15.7. The molecule has 0 radical (unpaired) electrons. The fourth-order valence-corrected chi connectivity index (χ4v) is 2.56. The summed E-state index contributed by atoms with van der Waals surface area (Å²) in [5, 5.41) is 0. The van der Waals surface area contributed by atoms with Crippen LogP contribution in [0.1, 0.15) is 21.7 Å². The summed E-state index contributed by atoms with van der Waals surface area (Å²) >= 11 is 3.51. The Morgan fingerprint density at radius 1 is 1.43 bits per heavy atom. The molecule has 0 fully saturated rings. The predicted octanol–water partition coefficient (Wildman–Crippen LogP) is 2.60. The lowest BCUT2D eigenvalue weighted by molar-refractivity contribution is 0.0600. The van der Waals surface area contributed by atoms with Crippen LogP contribution in [0, 0.1) is 0 Å². The van der Waals surface area contributed by atoms with E-state index >= 15 is 0 Å². The molecular weight excluding hydrogens is 334 g/mol. The molecule has 0 N–H and O–H groups in total. The molecule has 2 aromatic rings. The van der Waals surface area contributed by atoms with Crippen LogP contribution in [0.15, 0.2) is 35.1 Å². The molecular formula is C15H18BrN3O2. The number of imidazole rings is 1. The third-order valence-electron chi connectivity index (χ3n) is 3.25. The van der Waals surface area contributed by atoms with E-state index in [0.29, 0.717) is 5.56 Å². The SMILES string of the molecule is COC(=O)c1ccc(CN(C)Cc2nccn2C)c(Br)c1. The van der Waals surface area contributed by atoms with Crippen molar-refractivity contribution >= 4 is 21.9 Å². The molecule has 0 unspecified atom stereocenters. The van der Waals surface area contributed by atoms with Gasteiger partial charge in [-0.3, -0.25) is 4.90 Å². The number of nitrogens with zero attached hydrogens (tertiary/aromatic N) is 3. The number of hydrogen-bond acceptors (Lipinski definition) is 4. The van der Waals surface area contributed by atoms with Gasteiger partial charge in [-0.25, -0.2) is 9.78 Å². The molecule has 21 heavy (non-hydrogen) atoms. The molecule has 0 spiro atoms. The number of hydrogen-bond donors (Lipinski definition) is 0. The highest BCUT2D eigenvalue weighted by Gasteiger charge is 2.11. The molecule has 2 rings (SSSR count). The number of methoxy groups -OCH3 is 1. The molecule has 1 aromatic carbocycles. The average molecular weight is 352 g/mol. The number of rotatable bonds is 5. The van der Waals surface area contributed by atoms with Gasteiger partial charge in [0.2, 0.25) is 0 Å². The Kier molecular flexibility index (Phi) is 5.14. The highest BCUT2D eigenvalue weighted by atomic mass is 79.9. The molecule has 112 valence electrons. The number of esters is 1. The van der Waals surface area contributed by atoms with Crippen LogP contribution in [0.5, 0.6) is 0 Å². The molecule has 0 saturated carbocycles. The lowest BCUT2D eigenvalue weighted by atomic mass is 10.1. The van der Waals surface area contributed by atoms with Gasteiger partial charge in [-0.15, -0.1) is 0 Å². The number of aryl methyl sites for hydroxylation is 1. The molecule has 0 amide bonds. The Hall–Kier alpha value is -1.66. The first-order valence-electron chi connectivity index (χ1n) is 6.52. The van der Waals surface area contributed by atoms with Crippen molar-refractivity contribution in [3.63, 3.8) is 0 Å². The van der Waals surface area contributed by atoms with Crippen molar-refractivity contribution in [3.05, 3.63) is 52.0 Å². The van der Waals surface area contributed by atoms with Gasteiger partial charge in [0.25, 0.3) is 0 Å². The molecule has 0 atom stereocenters. The predicted molar refractivity (Wildman–Crippen MR) is 83.9 cm³/mol. The third-order valence-corrected chi connectivity index (χ3v) is 3.98. The quantitative estimate of drug-likeness (QED) is 0.776. The molecule has 0 aliphatic rings. The Labute approximate surface area is 132 Å². The molecule has 0 aliphatic heterocycles. The van der Waals surface area contributed by atoms with E-state index in [-0.39, 0.29) is 5.97 Å². The number of halogens is 1. The largest absolute Gasteiger partial charge is 0.465 e. The summed E-state index contributed by atoms with van der Waals surface area (Å²) in [6.45, 7) is 1.52. The van der Waals surface area contributed by atoms with Crippen LogP contribution in [-0.4, -0.2) is 34.6 Å². The minimum Gasteiger partial charge on any atom is -0.465 e. The lowest BCUT2D eigenvalue weighted by Crippen LogP contribution is -2.19. The van der Waals surface area contributed by atoms with Crippen LogP contribution in [0.4, 0.5) is 0 Å². The molecule has 0 bridgehead atoms. The van der Waals surface area contributed by atoms with E-state index in [2.05, 4.69) is 25.8 Å². The van der Waals surface area contributed by atoms with Gasteiger partial charge in [0.15, 0.2) is 0 Å². The molecule has 0 saturated heterocycles. The minimum atomic E-state index is -0.330. The first-order chi connectivity index (χ1) is 10.0. The van der Waals surface area contributed by atoms with Crippen molar-refractivity contribution in [2.45, 2.75) is 13.1 Å². The first-order valence-corrected chi connectivity index (χ1v) is 7.32. The van der Waals surface area contributed by atoms with Crippen LogP contribution >= 0.6 is 15.9 Å². The van der Waals surface area contributed by atoms with Gasteiger partial charge < -0.3 is 9.30 Å². The van der Waals surface area contributed by atoms with Gasteiger partial charge >= 0.3 is 5.97 Å². The number of aromatic nitrogens is 2. The fourth-order valence-electron chi connectivity index (χ4n) is 2.06. The molecule has 5 nitrogen and oxygen atoms in total. The maximum Gasteiger partial charge on any atom is 0.337 e. The molecule has 0 aliphatic carbocycles. The highest BCUT2D eigenvalue weighted by molar-refractivity contribution is 9.10. The second-order valence-electron chi connectivity index (χ2n) is 4.92. The number of carbonyl (C=O) groups excluding carboxylic acids is 1. The smallest absolute Gasteiger partial charge is 0.337 e.